The summed E-state index contributed by atoms with van der Waals surface area (Å²) < 4.78 is 31.6. The van der Waals surface area contributed by atoms with Gasteiger partial charge in [-0.2, -0.15) is 0 Å². The van der Waals surface area contributed by atoms with Crippen molar-refractivity contribution in [2.75, 3.05) is 7.11 Å². The third kappa shape index (κ3) is 2.96. The number of rotatable bonds is 4. The summed E-state index contributed by atoms with van der Waals surface area (Å²) in [7, 11) is 0.143. The van der Waals surface area contributed by atoms with Crippen LogP contribution in [0.15, 0.2) is 29.6 Å². The molecule has 2 aromatic heterocycles. The maximum absolute atomic E-state index is 13.9. The van der Waals surface area contributed by atoms with Crippen LogP contribution >= 0.6 is 0 Å². The minimum Gasteiger partial charge on any atom is -0.497 e. The molecule has 1 aromatic carbocycles. The van der Waals surface area contributed by atoms with Crippen LogP contribution in [-0.4, -0.2) is 26.3 Å². The van der Waals surface area contributed by atoms with E-state index >= 15 is 0 Å². The van der Waals surface area contributed by atoms with Crippen molar-refractivity contribution in [2.24, 2.45) is 0 Å². The standard InChI is InChI=1S/C16H16FN3O2S/c1-9-7-18-14(10(2)15(9)17)8-23(21)16-19-12-5-4-11(22-3)6-13(12)20-16/h4-7H,8H2,1-3H3,(H,19,20). The van der Waals surface area contributed by atoms with Crippen LogP contribution in [-0.2, 0) is 16.6 Å². The highest BCUT2D eigenvalue weighted by Gasteiger charge is 2.15. The van der Waals surface area contributed by atoms with Gasteiger partial charge in [0.15, 0.2) is 5.16 Å². The van der Waals surface area contributed by atoms with Gasteiger partial charge in [-0.3, -0.25) is 9.19 Å². The normalized spacial score (nSPS) is 12.5. The number of nitrogens with one attached hydrogen (secondary N) is 1. The van der Waals surface area contributed by atoms with E-state index in [1.165, 1.54) is 6.20 Å². The fourth-order valence-corrected chi connectivity index (χ4v) is 3.39. The van der Waals surface area contributed by atoms with Gasteiger partial charge in [-0.15, -0.1) is 0 Å². The Morgan fingerprint density at radius 1 is 1.35 bits per heavy atom. The van der Waals surface area contributed by atoms with Gasteiger partial charge in [-0.05, 0) is 26.0 Å². The number of imidazole rings is 1. The van der Waals surface area contributed by atoms with Crippen LogP contribution in [0.25, 0.3) is 11.0 Å². The molecule has 0 amide bonds. The maximum Gasteiger partial charge on any atom is 0.197 e. The lowest BCUT2D eigenvalue weighted by atomic mass is 10.1. The first-order chi connectivity index (χ1) is 11.0. The van der Waals surface area contributed by atoms with Gasteiger partial charge < -0.3 is 9.72 Å². The van der Waals surface area contributed by atoms with Crippen LogP contribution in [0.5, 0.6) is 5.75 Å². The highest BCUT2D eigenvalue weighted by molar-refractivity contribution is 7.84. The Balaban J connectivity index is 1.90. The van der Waals surface area contributed by atoms with Crippen LogP contribution in [0.2, 0.25) is 0 Å². The molecule has 5 nitrogen and oxygen atoms in total. The average molecular weight is 333 g/mol. The third-order valence-corrected chi connectivity index (χ3v) is 4.83. The van der Waals surface area contributed by atoms with E-state index in [4.69, 9.17) is 4.74 Å². The molecule has 1 unspecified atom stereocenters. The van der Waals surface area contributed by atoms with Crippen LogP contribution in [0.3, 0.4) is 0 Å². The van der Waals surface area contributed by atoms with Gasteiger partial charge in [0.2, 0.25) is 0 Å². The van der Waals surface area contributed by atoms with Gasteiger partial charge in [-0.25, -0.2) is 9.37 Å². The number of methoxy groups -OCH3 is 1. The summed E-state index contributed by atoms with van der Waals surface area (Å²) in [5, 5.41) is 0.343. The Hall–Kier alpha value is -2.28. The number of aromatic nitrogens is 3. The number of aryl methyl sites for hydroxylation is 1. The Labute approximate surface area is 135 Å². The minimum atomic E-state index is -1.44. The van der Waals surface area contributed by atoms with Crippen molar-refractivity contribution in [1.82, 2.24) is 15.0 Å². The smallest absolute Gasteiger partial charge is 0.197 e. The first kappa shape index (κ1) is 15.6. The molecule has 3 aromatic rings. The van der Waals surface area contributed by atoms with Gasteiger partial charge >= 0.3 is 0 Å². The van der Waals surface area contributed by atoms with Crippen molar-refractivity contribution in [2.45, 2.75) is 24.8 Å². The molecule has 120 valence electrons. The lowest BCUT2D eigenvalue weighted by molar-refractivity contribution is 0.415. The molecule has 1 N–H and O–H groups in total. The lowest BCUT2D eigenvalue weighted by Gasteiger charge is -2.06. The van der Waals surface area contributed by atoms with Crippen LogP contribution < -0.4 is 4.74 Å². The van der Waals surface area contributed by atoms with Gasteiger partial charge in [-0.1, -0.05) is 0 Å². The van der Waals surface area contributed by atoms with E-state index < -0.39 is 10.8 Å². The van der Waals surface area contributed by atoms with E-state index in [0.29, 0.717) is 33.2 Å². The predicted molar refractivity (Wildman–Crippen MR) is 86.4 cm³/mol. The molecule has 3 rings (SSSR count). The number of aromatic amines is 1. The van der Waals surface area contributed by atoms with E-state index in [-0.39, 0.29) is 11.6 Å². The number of H-pyrrole nitrogens is 1. The molecule has 0 aliphatic rings. The molecule has 0 radical (unpaired) electrons. The molecule has 2 heterocycles. The van der Waals surface area contributed by atoms with Crippen LogP contribution in [0, 0.1) is 19.7 Å². The second-order valence-electron chi connectivity index (χ2n) is 5.24. The monoisotopic (exact) mass is 333 g/mol. The summed E-state index contributed by atoms with van der Waals surface area (Å²) in [6.07, 6.45) is 1.46. The van der Waals surface area contributed by atoms with E-state index in [1.54, 1.807) is 39.2 Å². The molecule has 0 spiro atoms. The van der Waals surface area contributed by atoms with Crippen LogP contribution in [0.1, 0.15) is 16.8 Å². The fraction of sp³-hybridized carbons (Fsp3) is 0.250. The largest absolute Gasteiger partial charge is 0.497 e. The first-order valence-corrected chi connectivity index (χ1v) is 8.34. The quantitative estimate of drug-likeness (QED) is 0.797. The van der Waals surface area contributed by atoms with Crippen molar-refractivity contribution in [3.63, 3.8) is 0 Å². The van der Waals surface area contributed by atoms with Crippen molar-refractivity contribution in [3.05, 3.63) is 47.0 Å². The Morgan fingerprint density at radius 2 is 2.13 bits per heavy atom. The number of ether oxygens (including phenoxy) is 1. The minimum absolute atomic E-state index is 0.111. The first-order valence-electron chi connectivity index (χ1n) is 7.02. The van der Waals surface area contributed by atoms with E-state index in [0.717, 1.165) is 5.52 Å². The Kier molecular flexibility index (Phi) is 4.12. The molecular formula is C16H16FN3O2S. The zero-order valence-electron chi connectivity index (χ0n) is 13.0. The predicted octanol–water partition coefficient (Wildman–Crippen LogP) is 3.03. The maximum atomic E-state index is 13.9. The Bertz CT molecular complexity index is 908. The molecule has 0 aliphatic carbocycles. The molecule has 0 bridgehead atoms. The highest BCUT2D eigenvalue weighted by Crippen LogP contribution is 2.21. The topological polar surface area (TPSA) is 67.9 Å². The number of hydrogen-bond acceptors (Lipinski definition) is 4. The van der Waals surface area contributed by atoms with E-state index in [1.807, 2.05) is 0 Å². The summed E-state index contributed by atoms with van der Waals surface area (Å²) in [5.41, 5.74) is 2.83. The molecule has 1 atom stereocenters. The molecule has 7 heteroatoms. The number of pyridine rings is 1. The molecule has 0 saturated carbocycles. The second kappa shape index (κ2) is 6.08. The fourth-order valence-electron chi connectivity index (χ4n) is 2.29. The summed E-state index contributed by atoms with van der Waals surface area (Å²) in [6.45, 7) is 3.30. The third-order valence-electron chi connectivity index (χ3n) is 3.67. The Morgan fingerprint density at radius 3 is 2.87 bits per heavy atom. The number of halogens is 1. The number of hydrogen-bond donors (Lipinski definition) is 1. The number of fused-ring (bicyclic) bond motifs is 1. The van der Waals surface area contributed by atoms with Gasteiger partial charge in [0.25, 0.3) is 0 Å². The molecular weight excluding hydrogens is 317 g/mol. The zero-order valence-corrected chi connectivity index (χ0v) is 13.8. The molecule has 23 heavy (non-hydrogen) atoms. The van der Waals surface area contributed by atoms with Crippen LogP contribution in [0.4, 0.5) is 4.39 Å². The van der Waals surface area contributed by atoms with Crippen molar-refractivity contribution in [3.8, 4) is 5.75 Å². The average Bonchev–Trinajstić information content (AvgIpc) is 2.98. The highest BCUT2D eigenvalue weighted by atomic mass is 32.2. The number of nitrogens with zero attached hydrogens (tertiary/aromatic N) is 2. The van der Waals surface area contributed by atoms with Gasteiger partial charge in [0, 0.05) is 23.4 Å². The van der Waals surface area contributed by atoms with Gasteiger partial charge in [0.05, 0.1) is 40.4 Å². The summed E-state index contributed by atoms with van der Waals surface area (Å²) in [6, 6.07) is 5.37. The zero-order chi connectivity index (χ0) is 16.6. The summed E-state index contributed by atoms with van der Waals surface area (Å²) >= 11 is 0. The molecule has 0 saturated heterocycles. The SMILES string of the molecule is COc1ccc2nc(S(=O)Cc3ncc(C)c(F)c3C)[nH]c2c1. The summed E-state index contributed by atoms with van der Waals surface area (Å²) in [5.74, 6) is 0.498. The second-order valence-corrected chi connectivity index (χ2v) is 6.61. The van der Waals surface area contributed by atoms with Crippen molar-refractivity contribution < 1.29 is 13.3 Å². The molecule has 0 fully saturated rings. The van der Waals surface area contributed by atoms with E-state index in [9.17, 15) is 8.60 Å². The lowest BCUT2D eigenvalue weighted by Crippen LogP contribution is -2.05. The van der Waals surface area contributed by atoms with Crippen molar-refractivity contribution in [1.29, 1.82) is 0 Å². The summed E-state index contributed by atoms with van der Waals surface area (Å²) in [4.78, 5) is 11.5. The number of benzene rings is 1. The van der Waals surface area contributed by atoms with E-state index in [2.05, 4.69) is 15.0 Å². The van der Waals surface area contributed by atoms with Crippen molar-refractivity contribution >= 4 is 21.8 Å². The molecule has 0 aliphatic heterocycles. The van der Waals surface area contributed by atoms with Gasteiger partial charge in [0.1, 0.15) is 11.6 Å².